The van der Waals surface area contributed by atoms with Gasteiger partial charge in [0.25, 0.3) is 11.5 Å². The van der Waals surface area contributed by atoms with E-state index in [0.717, 1.165) is 16.9 Å². The third-order valence-electron chi connectivity index (χ3n) is 7.43. The van der Waals surface area contributed by atoms with Crippen molar-refractivity contribution in [2.45, 2.75) is 19.4 Å². The second-order valence-corrected chi connectivity index (χ2v) is 10.7. The van der Waals surface area contributed by atoms with Crippen LogP contribution >= 0.6 is 0 Å². The minimum Gasteiger partial charge on any atom is -0.386 e. The normalized spacial score (nSPS) is 14.0. The molecule has 2 aromatic carbocycles. The van der Waals surface area contributed by atoms with Crippen LogP contribution in [0.4, 0.5) is 17.3 Å². The number of hydrogen-bond donors (Lipinski definition) is 3. The molecule has 0 aliphatic carbocycles. The van der Waals surface area contributed by atoms with Gasteiger partial charge >= 0.3 is 0 Å². The maximum absolute atomic E-state index is 13.2. The predicted molar refractivity (Wildman–Crippen MR) is 162 cm³/mol. The Morgan fingerprint density at radius 2 is 1.74 bits per heavy atom. The molecule has 4 heterocycles. The molecule has 6 rings (SSSR count). The highest BCUT2D eigenvalue weighted by atomic mass is 16.3. The van der Waals surface area contributed by atoms with E-state index in [1.54, 1.807) is 62.2 Å². The Bertz CT molecular complexity index is 1850. The van der Waals surface area contributed by atoms with Crippen LogP contribution in [0.5, 0.6) is 0 Å². The number of anilines is 3. The maximum Gasteiger partial charge on any atom is 0.284 e. The minimum atomic E-state index is -0.710. The van der Waals surface area contributed by atoms with E-state index in [9.17, 15) is 14.7 Å². The van der Waals surface area contributed by atoms with Crippen molar-refractivity contribution >= 4 is 23.2 Å². The van der Waals surface area contributed by atoms with Crippen molar-refractivity contribution in [3.05, 3.63) is 101 Å². The first-order chi connectivity index (χ1) is 20.1. The number of nitrogens with zero attached hydrogens (tertiary/aromatic N) is 6. The Morgan fingerprint density at radius 3 is 2.43 bits per heavy atom. The Morgan fingerprint density at radius 1 is 1.02 bits per heavy atom. The van der Waals surface area contributed by atoms with Crippen LogP contribution in [0.15, 0.2) is 83.9 Å². The van der Waals surface area contributed by atoms with Crippen LogP contribution in [0.3, 0.4) is 0 Å². The zero-order valence-corrected chi connectivity index (χ0v) is 23.4. The number of β-amino-alcohol motifs (C(OH)–C–C–N with tert-alkyl or cyclic N) is 1. The summed E-state index contributed by atoms with van der Waals surface area (Å²) < 4.78 is 3.14. The van der Waals surface area contributed by atoms with E-state index in [1.807, 2.05) is 47.4 Å². The number of aliphatic hydroxyl groups is 1. The number of carbonyl (C=O) groups is 1. The molecule has 1 saturated heterocycles. The van der Waals surface area contributed by atoms with E-state index in [1.165, 1.54) is 4.68 Å². The van der Waals surface area contributed by atoms with Crippen LogP contribution < -0.4 is 21.5 Å². The summed E-state index contributed by atoms with van der Waals surface area (Å²) in [6.45, 7) is 4.56. The fourth-order valence-corrected chi connectivity index (χ4v) is 5.17. The highest BCUT2D eigenvalue weighted by molar-refractivity contribution is 6.05. The number of nitrogens with two attached hydrogens (primary N) is 1. The van der Waals surface area contributed by atoms with Crippen molar-refractivity contribution in [2.24, 2.45) is 7.05 Å². The van der Waals surface area contributed by atoms with Gasteiger partial charge in [-0.05, 0) is 50.2 Å². The Labute approximate surface area is 241 Å². The second kappa shape index (κ2) is 10.3. The highest BCUT2D eigenvalue weighted by Gasteiger charge is 2.37. The zero-order valence-electron chi connectivity index (χ0n) is 23.4. The lowest BCUT2D eigenvalue weighted by Gasteiger charge is -2.45. The molecule has 4 N–H and O–H groups in total. The van der Waals surface area contributed by atoms with Crippen molar-refractivity contribution in [2.75, 3.05) is 29.0 Å². The van der Waals surface area contributed by atoms with Crippen molar-refractivity contribution in [3.8, 4) is 28.2 Å². The van der Waals surface area contributed by atoms with Gasteiger partial charge in [-0.3, -0.25) is 14.3 Å². The number of carbonyl (C=O) groups excluding carboxylic acids is 1. The molecule has 0 spiro atoms. The standard InChI is InChI=1S/C31H30N8O3/c1-19-26(30(41)39(37(19)3)23-7-5-4-6-8-23)29(40)35-22-11-9-20(10-12-22)27-28(32)34-16-24(36-27)21-13-14-33-25(15-21)38-17-31(2,42)18-38/h4-16,42H,17-18H2,1-3H3,(H2,32,34)(H,35,40). The van der Waals surface area contributed by atoms with Crippen LogP contribution in [-0.4, -0.2) is 54.0 Å². The van der Waals surface area contributed by atoms with Gasteiger partial charge in [-0.25, -0.2) is 19.6 Å². The summed E-state index contributed by atoms with van der Waals surface area (Å²) in [6.07, 6.45) is 3.32. The molecule has 212 valence electrons. The van der Waals surface area contributed by atoms with Crippen molar-refractivity contribution in [3.63, 3.8) is 0 Å². The Hall–Kier alpha value is -5.29. The van der Waals surface area contributed by atoms with Crippen molar-refractivity contribution in [1.82, 2.24) is 24.3 Å². The topological polar surface area (TPSA) is 144 Å². The maximum atomic E-state index is 13.2. The third kappa shape index (κ3) is 4.90. The molecule has 11 heteroatoms. The molecule has 5 aromatic rings. The van der Waals surface area contributed by atoms with E-state index in [-0.39, 0.29) is 11.4 Å². The largest absolute Gasteiger partial charge is 0.386 e. The van der Waals surface area contributed by atoms with Gasteiger partial charge in [0.05, 0.1) is 28.9 Å². The minimum absolute atomic E-state index is 0.0757. The molecular formula is C31H30N8O3. The van der Waals surface area contributed by atoms with E-state index in [4.69, 9.17) is 10.7 Å². The van der Waals surface area contributed by atoms with Crippen molar-refractivity contribution < 1.29 is 9.90 Å². The summed E-state index contributed by atoms with van der Waals surface area (Å²) in [5, 5.41) is 12.9. The molecule has 0 radical (unpaired) electrons. The molecule has 3 aromatic heterocycles. The first-order valence-corrected chi connectivity index (χ1v) is 13.4. The average molecular weight is 563 g/mol. The summed E-state index contributed by atoms with van der Waals surface area (Å²) >= 11 is 0. The van der Waals surface area contributed by atoms with Gasteiger partial charge in [-0.1, -0.05) is 30.3 Å². The number of rotatable bonds is 6. The van der Waals surface area contributed by atoms with Crippen molar-refractivity contribution in [1.29, 1.82) is 0 Å². The van der Waals surface area contributed by atoms with Gasteiger partial charge in [0, 0.05) is 43.1 Å². The smallest absolute Gasteiger partial charge is 0.284 e. The number of aromatic nitrogens is 5. The molecule has 1 aliphatic rings. The molecule has 0 unspecified atom stereocenters. The molecule has 11 nitrogen and oxygen atoms in total. The first-order valence-electron chi connectivity index (χ1n) is 13.4. The van der Waals surface area contributed by atoms with Gasteiger partial charge in [0.15, 0.2) is 0 Å². The van der Waals surface area contributed by atoms with Crippen LogP contribution in [-0.2, 0) is 7.05 Å². The summed E-state index contributed by atoms with van der Waals surface area (Å²) in [5.41, 5.74) is 9.58. The molecule has 1 amide bonds. The first kappa shape index (κ1) is 26.9. The molecule has 1 aliphatic heterocycles. The highest BCUT2D eigenvalue weighted by Crippen LogP contribution is 2.31. The van der Waals surface area contributed by atoms with Crippen LogP contribution in [0.25, 0.3) is 28.2 Å². The Balaban J connectivity index is 1.23. The quantitative estimate of drug-likeness (QED) is 0.286. The summed E-state index contributed by atoms with van der Waals surface area (Å²) in [4.78, 5) is 42.0. The van der Waals surface area contributed by atoms with E-state index >= 15 is 0 Å². The van der Waals surface area contributed by atoms with Gasteiger partial charge in [-0.15, -0.1) is 0 Å². The van der Waals surface area contributed by atoms with Crippen LogP contribution in [0.1, 0.15) is 23.0 Å². The number of nitrogen functional groups attached to an aromatic ring is 1. The van der Waals surface area contributed by atoms with Gasteiger partial charge < -0.3 is 21.1 Å². The number of hydrogen-bond acceptors (Lipinski definition) is 8. The fraction of sp³-hybridized carbons (Fsp3) is 0.194. The number of para-hydroxylation sites is 1. The predicted octanol–water partition coefficient (Wildman–Crippen LogP) is 3.41. The van der Waals surface area contributed by atoms with E-state index in [2.05, 4.69) is 15.3 Å². The number of pyridine rings is 1. The van der Waals surface area contributed by atoms with E-state index < -0.39 is 17.1 Å². The van der Waals surface area contributed by atoms with E-state index in [0.29, 0.717) is 41.5 Å². The number of benzene rings is 2. The lowest BCUT2D eigenvalue weighted by Crippen LogP contribution is -2.60. The zero-order chi connectivity index (χ0) is 29.6. The van der Waals surface area contributed by atoms with Gasteiger partial charge in [0.2, 0.25) is 0 Å². The lowest BCUT2D eigenvalue weighted by molar-refractivity contribution is 0.0305. The van der Waals surface area contributed by atoms with Crippen LogP contribution in [0.2, 0.25) is 0 Å². The Kier molecular flexibility index (Phi) is 6.58. The number of nitrogens with one attached hydrogen (secondary N) is 1. The summed E-state index contributed by atoms with van der Waals surface area (Å²) in [6, 6.07) is 20.0. The molecule has 1 fully saturated rings. The second-order valence-electron chi connectivity index (χ2n) is 10.7. The van der Waals surface area contributed by atoms with Gasteiger partial charge in [0.1, 0.15) is 22.9 Å². The average Bonchev–Trinajstić information content (AvgIpc) is 3.20. The summed E-state index contributed by atoms with van der Waals surface area (Å²) in [7, 11) is 1.75. The molecule has 0 bridgehead atoms. The van der Waals surface area contributed by atoms with Gasteiger partial charge in [-0.2, -0.15) is 0 Å². The molecule has 0 atom stereocenters. The van der Waals surface area contributed by atoms with Crippen LogP contribution in [0, 0.1) is 6.92 Å². The number of amides is 1. The lowest BCUT2D eigenvalue weighted by atomic mass is 9.97. The third-order valence-corrected chi connectivity index (χ3v) is 7.43. The fourth-order valence-electron chi connectivity index (χ4n) is 5.17. The molecule has 0 saturated carbocycles. The SMILES string of the molecule is Cc1c(C(=O)Nc2ccc(-c3nc(-c4ccnc(N5CC(C)(O)C5)c4)cnc3N)cc2)c(=O)n(-c2ccccc2)n1C. The monoisotopic (exact) mass is 562 g/mol. The molecule has 42 heavy (non-hydrogen) atoms. The molecular weight excluding hydrogens is 532 g/mol. The summed E-state index contributed by atoms with van der Waals surface area (Å²) in [5.74, 6) is 0.530.